The van der Waals surface area contributed by atoms with Gasteiger partial charge in [-0.25, -0.2) is 0 Å². The van der Waals surface area contributed by atoms with Crippen LogP contribution in [0, 0.1) is 5.41 Å². The molecule has 0 saturated carbocycles. The summed E-state index contributed by atoms with van der Waals surface area (Å²) in [5, 5.41) is 9.68. The predicted molar refractivity (Wildman–Crippen MR) is 46.0 cm³/mol. The fraction of sp³-hybridized carbons (Fsp3) is 1.00. The van der Waals surface area contributed by atoms with E-state index in [4.69, 9.17) is 4.74 Å². The Kier molecular flexibility index (Phi) is 1.90. The first-order valence-electron chi connectivity index (χ1n) is 4.60. The quantitative estimate of drug-likeness (QED) is 0.598. The second-order valence-corrected chi connectivity index (χ2v) is 4.65. The average molecular weight is 171 g/mol. The Bertz CT molecular complexity index is 177. The molecule has 0 aromatic rings. The summed E-state index contributed by atoms with van der Waals surface area (Å²) in [5.74, 6) is 0. The van der Waals surface area contributed by atoms with Crippen LogP contribution in [-0.2, 0) is 4.74 Å². The molecule has 0 radical (unpaired) electrons. The molecular formula is C9H17NO2. The van der Waals surface area contributed by atoms with Gasteiger partial charge in [0.25, 0.3) is 0 Å². The van der Waals surface area contributed by atoms with Crippen molar-refractivity contribution < 1.29 is 9.84 Å². The van der Waals surface area contributed by atoms with Gasteiger partial charge in [-0.15, -0.1) is 0 Å². The van der Waals surface area contributed by atoms with E-state index in [0.29, 0.717) is 6.10 Å². The first kappa shape index (κ1) is 8.48. The molecule has 0 aromatic carbocycles. The van der Waals surface area contributed by atoms with E-state index in [1.807, 2.05) is 0 Å². The molecule has 2 rings (SSSR count). The lowest BCUT2D eigenvalue weighted by molar-refractivity contribution is 0.0954. The minimum absolute atomic E-state index is 0.0644. The number of rotatable bonds is 2. The molecule has 2 aliphatic heterocycles. The highest BCUT2D eigenvalue weighted by Crippen LogP contribution is 2.30. The summed E-state index contributed by atoms with van der Waals surface area (Å²) < 4.78 is 5.15. The molecule has 3 nitrogen and oxygen atoms in total. The molecule has 2 heterocycles. The molecule has 0 spiro atoms. The molecular weight excluding hydrogens is 154 g/mol. The Morgan fingerprint density at radius 3 is 2.67 bits per heavy atom. The Labute approximate surface area is 73.3 Å². The number of nitrogens with zero attached hydrogens (tertiary/aromatic N) is 1. The zero-order valence-corrected chi connectivity index (χ0v) is 7.79. The summed E-state index contributed by atoms with van der Waals surface area (Å²) in [5.41, 5.74) is 0.0644. The molecule has 2 fully saturated rings. The largest absolute Gasteiger partial charge is 0.391 e. The highest BCUT2D eigenvalue weighted by molar-refractivity contribution is 4.92. The lowest BCUT2D eigenvalue weighted by atomic mass is 9.90. The van der Waals surface area contributed by atoms with Crippen molar-refractivity contribution >= 4 is 0 Å². The SMILES string of the molecule is CC1(C)CN(C[C@@H]2CO2)CC1O. The van der Waals surface area contributed by atoms with Crippen LogP contribution in [0.1, 0.15) is 13.8 Å². The summed E-state index contributed by atoms with van der Waals surface area (Å²) in [4.78, 5) is 2.29. The van der Waals surface area contributed by atoms with Crippen molar-refractivity contribution in [3.8, 4) is 0 Å². The van der Waals surface area contributed by atoms with E-state index in [1.165, 1.54) is 0 Å². The summed E-state index contributed by atoms with van der Waals surface area (Å²) in [6.07, 6.45) is 0.280. The second-order valence-electron chi connectivity index (χ2n) is 4.65. The highest BCUT2D eigenvalue weighted by Gasteiger charge is 2.40. The number of aliphatic hydroxyl groups excluding tert-OH is 1. The van der Waals surface area contributed by atoms with E-state index < -0.39 is 0 Å². The number of hydrogen-bond acceptors (Lipinski definition) is 3. The molecule has 70 valence electrons. The van der Waals surface area contributed by atoms with Crippen LogP contribution in [0.2, 0.25) is 0 Å². The Morgan fingerprint density at radius 2 is 2.25 bits per heavy atom. The number of epoxide rings is 1. The maximum atomic E-state index is 9.68. The lowest BCUT2D eigenvalue weighted by Gasteiger charge is -2.20. The number of likely N-dealkylation sites (tertiary alicyclic amines) is 1. The number of hydrogen-bond donors (Lipinski definition) is 1. The minimum Gasteiger partial charge on any atom is -0.391 e. The normalized spacial score (nSPS) is 40.2. The summed E-state index contributed by atoms with van der Waals surface area (Å²) in [6, 6.07) is 0. The van der Waals surface area contributed by atoms with Gasteiger partial charge < -0.3 is 9.84 Å². The van der Waals surface area contributed by atoms with Crippen LogP contribution in [0.25, 0.3) is 0 Å². The van der Waals surface area contributed by atoms with E-state index in [2.05, 4.69) is 18.7 Å². The smallest absolute Gasteiger partial charge is 0.0936 e. The number of ether oxygens (including phenoxy) is 1. The molecule has 0 aliphatic carbocycles. The standard InChI is InChI=1S/C9H17NO2/c1-9(2)6-10(4-8(9)11)3-7-5-12-7/h7-8,11H,3-6H2,1-2H3/t7-,8?/m1/s1. The van der Waals surface area contributed by atoms with Gasteiger partial charge in [-0.05, 0) is 0 Å². The van der Waals surface area contributed by atoms with E-state index in [9.17, 15) is 5.11 Å². The zero-order valence-electron chi connectivity index (χ0n) is 7.79. The van der Waals surface area contributed by atoms with Crippen molar-refractivity contribution in [3.63, 3.8) is 0 Å². The Hall–Kier alpha value is -0.120. The van der Waals surface area contributed by atoms with Crippen molar-refractivity contribution in [2.45, 2.75) is 26.1 Å². The topological polar surface area (TPSA) is 36.0 Å². The molecule has 12 heavy (non-hydrogen) atoms. The molecule has 2 atom stereocenters. The maximum absolute atomic E-state index is 9.68. The number of β-amino-alcohol motifs (C(OH)–C–C–N with tert-alkyl or cyclic N) is 1. The monoisotopic (exact) mass is 171 g/mol. The second kappa shape index (κ2) is 2.69. The predicted octanol–water partition coefficient (Wildman–Crippen LogP) is 0.0879. The third-order valence-corrected chi connectivity index (χ3v) is 2.83. The molecule has 0 aromatic heterocycles. The van der Waals surface area contributed by atoms with Crippen LogP contribution in [0.4, 0.5) is 0 Å². The van der Waals surface area contributed by atoms with Gasteiger partial charge in [0.2, 0.25) is 0 Å². The van der Waals surface area contributed by atoms with Gasteiger partial charge in [0.05, 0.1) is 18.8 Å². The molecule has 2 saturated heterocycles. The minimum atomic E-state index is -0.170. The van der Waals surface area contributed by atoms with Gasteiger partial charge in [0.1, 0.15) is 0 Å². The third-order valence-electron chi connectivity index (χ3n) is 2.83. The molecule has 1 N–H and O–H groups in total. The van der Waals surface area contributed by atoms with Crippen molar-refractivity contribution in [3.05, 3.63) is 0 Å². The van der Waals surface area contributed by atoms with Crippen molar-refractivity contribution in [2.75, 3.05) is 26.2 Å². The Morgan fingerprint density at radius 1 is 1.58 bits per heavy atom. The molecule has 0 bridgehead atoms. The third kappa shape index (κ3) is 1.63. The van der Waals surface area contributed by atoms with Gasteiger partial charge in [-0.3, -0.25) is 4.90 Å². The van der Waals surface area contributed by atoms with Crippen molar-refractivity contribution in [2.24, 2.45) is 5.41 Å². The average Bonchev–Trinajstić information content (AvgIpc) is 2.65. The zero-order chi connectivity index (χ0) is 8.77. The first-order valence-corrected chi connectivity index (χ1v) is 4.60. The first-order chi connectivity index (χ1) is 5.58. The van der Waals surface area contributed by atoms with Crippen molar-refractivity contribution in [1.29, 1.82) is 0 Å². The number of aliphatic hydroxyl groups is 1. The maximum Gasteiger partial charge on any atom is 0.0936 e. The molecule has 1 unspecified atom stereocenters. The Balaban J connectivity index is 1.86. The summed E-state index contributed by atoms with van der Waals surface area (Å²) in [7, 11) is 0. The van der Waals surface area contributed by atoms with Crippen LogP contribution in [-0.4, -0.2) is 48.5 Å². The fourth-order valence-electron chi connectivity index (χ4n) is 1.84. The lowest BCUT2D eigenvalue weighted by Crippen LogP contribution is -2.27. The molecule has 3 heteroatoms. The van der Waals surface area contributed by atoms with Gasteiger partial charge in [0, 0.05) is 25.0 Å². The van der Waals surface area contributed by atoms with Crippen LogP contribution in [0.3, 0.4) is 0 Å². The van der Waals surface area contributed by atoms with Crippen LogP contribution in [0.15, 0.2) is 0 Å². The van der Waals surface area contributed by atoms with E-state index >= 15 is 0 Å². The summed E-state index contributed by atoms with van der Waals surface area (Å²) in [6.45, 7) is 7.95. The van der Waals surface area contributed by atoms with Crippen LogP contribution >= 0.6 is 0 Å². The van der Waals surface area contributed by atoms with E-state index in [0.717, 1.165) is 26.2 Å². The molecule has 0 amide bonds. The van der Waals surface area contributed by atoms with E-state index in [-0.39, 0.29) is 11.5 Å². The summed E-state index contributed by atoms with van der Waals surface area (Å²) >= 11 is 0. The van der Waals surface area contributed by atoms with Crippen LogP contribution in [0.5, 0.6) is 0 Å². The van der Waals surface area contributed by atoms with Gasteiger partial charge in [0.15, 0.2) is 0 Å². The van der Waals surface area contributed by atoms with Crippen molar-refractivity contribution in [1.82, 2.24) is 4.90 Å². The van der Waals surface area contributed by atoms with Gasteiger partial charge >= 0.3 is 0 Å². The molecule has 2 aliphatic rings. The fourth-order valence-corrected chi connectivity index (χ4v) is 1.84. The van der Waals surface area contributed by atoms with E-state index in [1.54, 1.807) is 0 Å². The highest BCUT2D eigenvalue weighted by atomic mass is 16.6. The van der Waals surface area contributed by atoms with Gasteiger partial charge in [-0.2, -0.15) is 0 Å². The van der Waals surface area contributed by atoms with Gasteiger partial charge in [-0.1, -0.05) is 13.8 Å². The van der Waals surface area contributed by atoms with Crippen LogP contribution < -0.4 is 0 Å².